The highest BCUT2D eigenvalue weighted by molar-refractivity contribution is 7.85. The Bertz CT molecular complexity index is 1170. The Labute approximate surface area is 212 Å². The fourth-order valence-electron chi connectivity index (χ4n) is 4.57. The molecule has 0 saturated carbocycles. The molecule has 10 nitrogen and oxygen atoms in total. The molecule has 2 aromatic carbocycles. The minimum absolute atomic E-state index is 0.0145. The van der Waals surface area contributed by atoms with Gasteiger partial charge in [0.15, 0.2) is 23.0 Å². The van der Waals surface area contributed by atoms with Gasteiger partial charge in [-0.15, -0.1) is 0 Å². The van der Waals surface area contributed by atoms with E-state index in [0.29, 0.717) is 60.2 Å². The molecule has 198 valence electrons. The van der Waals surface area contributed by atoms with Crippen molar-refractivity contribution in [1.82, 2.24) is 4.90 Å². The van der Waals surface area contributed by atoms with Gasteiger partial charge in [0, 0.05) is 24.1 Å². The van der Waals surface area contributed by atoms with Crippen LogP contribution in [0.15, 0.2) is 30.3 Å². The summed E-state index contributed by atoms with van der Waals surface area (Å²) in [7, 11) is 3.98. The van der Waals surface area contributed by atoms with Crippen LogP contribution in [-0.2, 0) is 19.7 Å². The maximum Gasteiger partial charge on any atom is 0.264 e. The van der Waals surface area contributed by atoms with Gasteiger partial charge in [0.2, 0.25) is 5.75 Å². The number of hydrogen-bond acceptors (Lipinski definition) is 9. The van der Waals surface area contributed by atoms with Gasteiger partial charge in [-0.25, -0.2) is 0 Å². The molecule has 0 spiro atoms. The van der Waals surface area contributed by atoms with Crippen LogP contribution in [0.1, 0.15) is 28.8 Å². The zero-order valence-corrected chi connectivity index (χ0v) is 22.3. The van der Waals surface area contributed by atoms with E-state index in [9.17, 15) is 13.2 Å². The van der Waals surface area contributed by atoms with Crippen LogP contribution in [-0.4, -0.2) is 80.7 Å². The standard InChI is InChI=1S/C25H33NO9S/c1-30-19-8-7-18(15-20(19)31-2)25(10-12-35-36(6,28)29)9-11-26(16-25)24(27)17-13-21(32-3)23(34-5)22(14-17)33-4/h7-8,13-15H,9-12,16H2,1-6H3. The minimum atomic E-state index is -3.61. The quantitative estimate of drug-likeness (QED) is 0.411. The lowest BCUT2D eigenvalue weighted by molar-refractivity contribution is 0.0779. The van der Waals surface area contributed by atoms with Crippen LogP contribution in [0.5, 0.6) is 28.7 Å². The molecule has 36 heavy (non-hydrogen) atoms. The molecule has 1 heterocycles. The van der Waals surface area contributed by atoms with Crippen molar-refractivity contribution in [3.05, 3.63) is 41.5 Å². The number of rotatable bonds is 11. The van der Waals surface area contributed by atoms with Crippen LogP contribution < -0.4 is 23.7 Å². The maximum absolute atomic E-state index is 13.6. The summed E-state index contributed by atoms with van der Waals surface area (Å²) >= 11 is 0. The third-order valence-electron chi connectivity index (χ3n) is 6.43. The van der Waals surface area contributed by atoms with Gasteiger partial charge in [0.05, 0.1) is 48.4 Å². The zero-order valence-electron chi connectivity index (χ0n) is 21.5. The molecule has 1 fully saturated rings. The van der Waals surface area contributed by atoms with Crippen molar-refractivity contribution in [3.8, 4) is 28.7 Å². The molecule has 11 heteroatoms. The van der Waals surface area contributed by atoms with Crippen molar-refractivity contribution in [1.29, 1.82) is 0 Å². The highest BCUT2D eigenvalue weighted by Crippen LogP contribution is 2.43. The molecule has 1 aliphatic rings. The third-order valence-corrected chi connectivity index (χ3v) is 7.02. The van der Waals surface area contributed by atoms with Gasteiger partial charge in [-0.1, -0.05) is 6.07 Å². The Hall–Kier alpha value is -3.18. The Morgan fingerprint density at radius 3 is 2.03 bits per heavy atom. The molecule has 0 aromatic heterocycles. The number of benzene rings is 2. The Kier molecular flexibility index (Phi) is 8.57. The number of likely N-dealkylation sites (tertiary alicyclic amines) is 1. The predicted molar refractivity (Wildman–Crippen MR) is 133 cm³/mol. The molecule has 1 atom stereocenters. The molecule has 1 saturated heterocycles. The van der Waals surface area contributed by atoms with Gasteiger partial charge in [-0.3, -0.25) is 8.98 Å². The van der Waals surface area contributed by atoms with Gasteiger partial charge in [-0.2, -0.15) is 8.42 Å². The molecule has 1 unspecified atom stereocenters. The van der Waals surface area contributed by atoms with E-state index < -0.39 is 15.5 Å². The number of nitrogens with zero attached hydrogens (tertiary/aromatic N) is 1. The topological polar surface area (TPSA) is 110 Å². The summed E-state index contributed by atoms with van der Waals surface area (Å²) in [6.45, 7) is 0.799. The molecule has 0 N–H and O–H groups in total. The average Bonchev–Trinajstić information content (AvgIpc) is 3.31. The van der Waals surface area contributed by atoms with Gasteiger partial charge < -0.3 is 28.6 Å². The van der Waals surface area contributed by atoms with Gasteiger partial charge >= 0.3 is 0 Å². The van der Waals surface area contributed by atoms with E-state index in [1.807, 2.05) is 12.1 Å². The number of amides is 1. The van der Waals surface area contributed by atoms with E-state index >= 15 is 0 Å². The lowest BCUT2D eigenvalue weighted by Crippen LogP contribution is -2.35. The molecule has 1 amide bonds. The summed E-state index contributed by atoms with van der Waals surface area (Å²) in [6, 6.07) is 8.82. The largest absolute Gasteiger partial charge is 0.493 e. The Morgan fingerprint density at radius 1 is 0.889 bits per heavy atom. The summed E-state index contributed by atoms with van der Waals surface area (Å²) in [6.07, 6.45) is 2.01. The lowest BCUT2D eigenvalue weighted by atomic mass is 9.77. The predicted octanol–water partition coefficient (Wildman–Crippen LogP) is 2.88. The molecule has 2 aromatic rings. The van der Waals surface area contributed by atoms with E-state index in [2.05, 4.69) is 0 Å². The van der Waals surface area contributed by atoms with Gasteiger partial charge in [-0.05, 0) is 42.7 Å². The first kappa shape index (κ1) is 27.4. The highest BCUT2D eigenvalue weighted by atomic mass is 32.2. The molecule has 0 bridgehead atoms. The highest BCUT2D eigenvalue weighted by Gasteiger charge is 2.42. The summed E-state index contributed by atoms with van der Waals surface area (Å²) in [5.74, 6) is 2.08. The van der Waals surface area contributed by atoms with Gasteiger partial charge in [0.25, 0.3) is 16.0 Å². The second-order valence-electron chi connectivity index (χ2n) is 8.52. The maximum atomic E-state index is 13.6. The third kappa shape index (κ3) is 5.79. The fourth-order valence-corrected chi connectivity index (χ4v) is 4.96. The molecule has 1 aliphatic heterocycles. The Morgan fingerprint density at radius 2 is 1.50 bits per heavy atom. The van der Waals surface area contributed by atoms with Crippen molar-refractivity contribution in [3.63, 3.8) is 0 Å². The van der Waals surface area contributed by atoms with Crippen LogP contribution in [0.25, 0.3) is 0 Å². The zero-order chi connectivity index (χ0) is 26.5. The van der Waals surface area contributed by atoms with Crippen molar-refractivity contribution in [2.24, 2.45) is 0 Å². The summed E-state index contributed by atoms with van der Waals surface area (Å²) in [5.41, 5.74) is 0.734. The second-order valence-corrected chi connectivity index (χ2v) is 10.2. The fraction of sp³-hybridized carbons (Fsp3) is 0.480. The van der Waals surface area contributed by atoms with Crippen LogP contribution >= 0.6 is 0 Å². The van der Waals surface area contributed by atoms with Crippen molar-refractivity contribution >= 4 is 16.0 Å². The summed E-state index contributed by atoms with van der Waals surface area (Å²) < 4.78 is 55.3. The van der Waals surface area contributed by atoms with Gasteiger partial charge in [0.1, 0.15) is 0 Å². The van der Waals surface area contributed by atoms with E-state index in [1.54, 1.807) is 37.3 Å². The monoisotopic (exact) mass is 523 g/mol. The van der Waals surface area contributed by atoms with Crippen molar-refractivity contribution in [2.45, 2.75) is 18.3 Å². The van der Waals surface area contributed by atoms with Crippen molar-refractivity contribution in [2.75, 3.05) is 61.5 Å². The number of ether oxygens (including phenoxy) is 5. The molecular weight excluding hydrogens is 490 g/mol. The van der Waals surface area contributed by atoms with Crippen LogP contribution in [0.4, 0.5) is 0 Å². The smallest absolute Gasteiger partial charge is 0.264 e. The normalized spacial score (nSPS) is 17.6. The van der Waals surface area contributed by atoms with Crippen LogP contribution in [0.3, 0.4) is 0 Å². The number of methoxy groups -OCH3 is 5. The minimum Gasteiger partial charge on any atom is -0.493 e. The molecular formula is C25H33NO9S. The average molecular weight is 524 g/mol. The first-order chi connectivity index (χ1) is 17.1. The van der Waals surface area contributed by atoms with Crippen LogP contribution in [0, 0.1) is 0 Å². The van der Waals surface area contributed by atoms with E-state index in [0.717, 1.165) is 11.8 Å². The molecule has 0 radical (unpaired) electrons. The number of carbonyl (C=O) groups excluding carboxylic acids is 1. The molecule has 3 rings (SSSR count). The SMILES string of the molecule is COc1ccc(C2(CCOS(C)(=O)=O)CCN(C(=O)c3cc(OC)c(OC)c(OC)c3)C2)cc1OC. The van der Waals surface area contributed by atoms with Crippen molar-refractivity contribution < 1.29 is 41.1 Å². The first-order valence-electron chi connectivity index (χ1n) is 11.3. The number of hydrogen-bond donors (Lipinski definition) is 0. The molecule has 0 aliphatic carbocycles. The Balaban J connectivity index is 1.96. The lowest BCUT2D eigenvalue weighted by Gasteiger charge is -2.30. The van der Waals surface area contributed by atoms with E-state index in [4.69, 9.17) is 27.9 Å². The first-order valence-corrected chi connectivity index (χ1v) is 13.1. The summed E-state index contributed by atoms with van der Waals surface area (Å²) in [4.78, 5) is 15.3. The van der Waals surface area contributed by atoms with Crippen LogP contribution in [0.2, 0.25) is 0 Å². The summed E-state index contributed by atoms with van der Waals surface area (Å²) in [5, 5.41) is 0. The van der Waals surface area contributed by atoms with E-state index in [1.165, 1.54) is 21.3 Å². The second kappa shape index (κ2) is 11.3. The van der Waals surface area contributed by atoms with E-state index in [-0.39, 0.29) is 12.5 Å². The number of carbonyl (C=O) groups is 1.